The first-order chi connectivity index (χ1) is 36.1. The standard InChI is InChI=1S/C57H66N6O11/c1-71-51(64)21-23-72-25-27-74-28-26-73-24-22-58-52(65)44-32-62(33-45(44)53(66)59-48-29-41(48)36-11-5-2-6-12-36)56(69)39-17-19-40(20-18-39)57(70)63-34-46(54(67)60-49-30-42(49)37-13-7-3-8-14-37)47(35-63)55(68)61-50-31-43(50)38-15-9-4-10-16-38/h2-20,41-50H,21-35H2,1H3,(H,58,65)(H,59,66)(H,60,67)(H,61,68)/t41-,42-,43-,44-,45-,46-,47-,48+,49+,50+/m1/s1. The Bertz CT molecular complexity index is 2530. The Balaban J connectivity index is 0.799. The van der Waals surface area contributed by atoms with Gasteiger partial charge < -0.3 is 50.0 Å². The highest BCUT2D eigenvalue weighted by Gasteiger charge is 2.50. The first-order valence-corrected chi connectivity index (χ1v) is 25.9. The van der Waals surface area contributed by atoms with Crippen LogP contribution >= 0.6 is 0 Å². The van der Waals surface area contributed by atoms with Gasteiger partial charge in [-0.2, -0.15) is 0 Å². The highest BCUT2D eigenvalue weighted by atomic mass is 16.5. The van der Waals surface area contributed by atoms with Crippen molar-refractivity contribution in [1.29, 1.82) is 0 Å². The van der Waals surface area contributed by atoms with Crippen LogP contribution in [0.4, 0.5) is 0 Å². The molecular weight excluding hydrogens is 945 g/mol. The molecule has 74 heavy (non-hydrogen) atoms. The highest BCUT2D eigenvalue weighted by Crippen LogP contribution is 2.43. The van der Waals surface area contributed by atoms with Crippen LogP contribution in [0.5, 0.6) is 0 Å². The summed E-state index contributed by atoms with van der Waals surface area (Å²) >= 11 is 0. The van der Waals surface area contributed by atoms with Gasteiger partial charge in [-0.1, -0.05) is 91.0 Å². The minimum Gasteiger partial charge on any atom is -0.469 e. The summed E-state index contributed by atoms with van der Waals surface area (Å²) in [5.74, 6) is -4.83. The molecule has 10 atom stereocenters. The van der Waals surface area contributed by atoms with Crippen molar-refractivity contribution < 1.29 is 52.5 Å². The molecule has 2 heterocycles. The molecule has 0 aromatic heterocycles. The molecule has 4 N–H and O–H groups in total. The Morgan fingerprint density at radius 3 is 1.15 bits per heavy atom. The smallest absolute Gasteiger partial charge is 0.307 e. The molecule has 17 nitrogen and oxygen atoms in total. The van der Waals surface area contributed by atoms with E-state index in [-0.39, 0.29) is 142 Å². The zero-order valence-corrected chi connectivity index (χ0v) is 41.7. The van der Waals surface area contributed by atoms with Crippen LogP contribution in [-0.2, 0) is 42.9 Å². The van der Waals surface area contributed by atoms with Crippen LogP contribution in [0.15, 0.2) is 115 Å². The number of likely N-dealkylation sites (tertiary alicyclic amines) is 2. The van der Waals surface area contributed by atoms with E-state index in [4.69, 9.17) is 14.2 Å². The predicted octanol–water partition coefficient (Wildman–Crippen LogP) is 3.81. The molecule has 9 rings (SSSR count). The Kier molecular flexibility index (Phi) is 17.1. The van der Waals surface area contributed by atoms with E-state index in [9.17, 15) is 33.6 Å². The fourth-order valence-corrected chi connectivity index (χ4v) is 10.4. The largest absolute Gasteiger partial charge is 0.469 e. The van der Waals surface area contributed by atoms with Crippen molar-refractivity contribution in [3.63, 3.8) is 0 Å². The zero-order chi connectivity index (χ0) is 51.6. The molecule has 2 aliphatic heterocycles. The van der Waals surface area contributed by atoms with Gasteiger partial charge in [-0.25, -0.2) is 0 Å². The summed E-state index contributed by atoms with van der Waals surface area (Å²) in [5, 5.41) is 12.4. The SMILES string of the molecule is COC(=O)CCOCCOCCOCCNC(=O)[C@@H]1CN(C(=O)c2ccc(C(=O)N3C[C@@H](C(=O)N[C@H]4C[C@@H]4c4ccccc4)[C@H](C(=O)N[C@H]4C[C@@H]4c4ccccc4)C3)cc2)C[C@H]1C(=O)N[C@H]1C[C@@H]1c1ccccc1. The van der Waals surface area contributed by atoms with Crippen LogP contribution in [0.25, 0.3) is 0 Å². The number of nitrogens with zero attached hydrogens (tertiary/aromatic N) is 2. The lowest BCUT2D eigenvalue weighted by molar-refractivity contribution is -0.142. The van der Waals surface area contributed by atoms with Gasteiger partial charge in [0, 0.05) is 79.7 Å². The Morgan fingerprint density at radius 2 is 0.784 bits per heavy atom. The number of nitrogens with one attached hydrogen (secondary N) is 4. The lowest BCUT2D eigenvalue weighted by atomic mass is 9.94. The number of hydrogen-bond donors (Lipinski definition) is 4. The third-order valence-corrected chi connectivity index (χ3v) is 14.9. The van der Waals surface area contributed by atoms with Gasteiger partial charge in [0.1, 0.15) is 0 Å². The number of ether oxygens (including phenoxy) is 4. The summed E-state index contributed by atoms with van der Waals surface area (Å²) in [7, 11) is 1.32. The van der Waals surface area contributed by atoms with E-state index in [0.717, 1.165) is 36.0 Å². The van der Waals surface area contributed by atoms with Gasteiger partial charge in [-0.15, -0.1) is 0 Å². The topological polar surface area (TPSA) is 211 Å². The van der Waals surface area contributed by atoms with Crippen LogP contribution in [-0.4, -0.2) is 149 Å². The Hall–Kier alpha value is -6.95. The van der Waals surface area contributed by atoms with Gasteiger partial charge in [-0.05, 0) is 60.2 Å². The second-order valence-corrected chi connectivity index (χ2v) is 20.0. The number of hydrogen-bond acceptors (Lipinski definition) is 11. The van der Waals surface area contributed by atoms with E-state index < -0.39 is 23.7 Å². The minimum absolute atomic E-state index is 0.00714. The molecule has 5 fully saturated rings. The third kappa shape index (κ3) is 13.2. The maximum Gasteiger partial charge on any atom is 0.307 e. The van der Waals surface area contributed by atoms with E-state index >= 15 is 0 Å². The number of benzene rings is 4. The summed E-state index contributed by atoms with van der Waals surface area (Å²) in [4.78, 5) is 98.3. The van der Waals surface area contributed by atoms with Crippen molar-refractivity contribution in [1.82, 2.24) is 31.1 Å². The van der Waals surface area contributed by atoms with Gasteiger partial charge >= 0.3 is 5.97 Å². The molecule has 3 saturated carbocycles. The average Bonchev–Trinajstić information content (AvgIpc) is 4.40. The van der Waals surface area contributed by atoms with Crippen LogP contribution in [0.3, 0.4) is 0 Å². The summed E-state index contributed by atoms with van der Waals surface area (Å²) < 4.78 is 21.0. The van der Waals surface area contributed by atoms with Crippen molar-refractivity contribution in [3.8, 4) is 0 Å². The number of methoxy groups -OCH3 is 1. The maximum atomic E-state index is 14.2. The van der Waals surface area contributed by atoms with Gasteiger partial charge in [0.25, 0.3) is 11.8 Å². The van der Waals surface area contributed by atoms with E-state index in [2.05, 4.69) is 26.0 Å². The van der Waals surface area contributed by atoms with Crippen molar-refractivity contribution in [2.24, 2.45) is 23.7 Å². The highest BCUT2D eigenvalue weighted by molar-refractivity contribution is 6.00. The number of carbonyl (C=O) groups is 7. The van der Waals surface area contributed by atoms with E-state index in [1.807, 2.05) is 91.0 Å². The monoisotopic (exact) mass is 1010 g/mol. The molecule has 17 heteroatoms. The lowest BCUT2D eigenvalue weighted by Gasteiger charge is -2.18. The predicted molar refractivity (Wildman–Crippen MR) is 272 cm³/mol. The average molecular weight is 1010 g/mol. The summed E-state index contributed by atoms with van der Waals surface area (Å²) in [6.45, 7) is 2.01. The molecular formula is C57H66N6O11. The van der Waals surface area contributed by atoms with E-state index in [0.29, 0.717) is 25.4 Å². The minimum atomic E-state index is -0.824. The number of carbonyl (C=O) groups excluding carboxylic acids is 7. The summed E-state index contributed by atoms with van der Waals surface area (Å²) in [5.41, 5.74) is 4.00. The first-order valence-electron chi connectivity index (χ1n) is 25.9. The maximum absolute atomic E-state index is 14.2. The van der Waals surface area contributed by atoms with Crippen molar-refractivity contribution >= 4 is 41.4 Å². The van der Waals surface area contributed by atoms with Crippen molar-refractivity contribution in [3.05, 3.63) is 143 Å². The van der Waals surface area contributed by atoms with Gasteiger partial charge in [-0.3, -0.25) is 33.6 Å². The quantitative estimate of drug-likeness (QED) is 0.0586. The van der Waals surface area contributed by atoms with Crippen LogP contribution < -0.4 is 21.3 Å². The second kappa shape index (κ2) is 24.4. The molecule has 390 valence electrons. The van der Waals surface area contributed by atoms with E-state index in [1.165, 1.54) is 12.0 Å². The molecule has 0 unspecified atom stereocenters. The second-order valence-electron chi connectivity index (χ2n) is 20.0. The molecule has 4 aromatic rings. The van der Waals surface area contributed by atoms with Gasteiger partial charge in [0.15, 0.2) is 0 Å². The third-order valence-electron chi connectivity index (χ3n) is 14.9. The fourth-order valence-electron chi connectivity index (χ4n) is 10.4. The van der Waals surface area contributed by atoms with Crippen LogP contribution in [0.1, 0.15) is 80.8 Å². The number of rotatable bonds is 24. The normalized spacial score (nSPS) is 25.4. The summed E-state index contributed by atoms with van der Waals surface area (Å²) in [6.07, 6.45) is 2.55. The molecule has 0 radical (unpaired) electrons. The molecule has 0 spiro atoms. The van der Waals surface area contributed by atoms with Crippen molar-refractivity contribution in [2.75, 3.05) is 79.5 Å². The lowest BCUT2D eigenvalue weighted by Crippen LogP contribution is -2.43. The fraction of sp³-hybridized carbons (Fsp3) is 0.456. The Morgan fingerprint density at radius 1 is 0.446 bits per heavy atom. The van der Waals surface area contributed by atoms with Crippen LogP contribution in [0.2, 0.25) is 0 Å². The number of esters is 1. The molecule has 5 aliphatic rings. The van der Waals surface area contributed by atoms with Gasteiger partial charge in [0.05, 0.1) is 76.8 Å². The van der Waals surface area contributed by atoms with Crippen LogP contribution in [0, 0.1) is 23.7 Å². The Labute approximate surface area is 431 Å². The van der Waals surface area contributed by atoms with E-state index in [1.54, 1.807) is 29.2 Å². The molecule has 4 aromatic carbocycles. The number of amides is 6. The molecule has 6 amide bonds. The zero-order valence-electron chi connectivity index (χ0n) is 41.7. The van der Waals surface area contributed by atoms with Gasteiger partial charge in [0.2, 0.25) is 23.6 Å². The molecule has 3 aliphatic carbocycles. The summed E-state index contributed by atoms with van der Waals surface area (Å²) in [6, 6.07) is 36.0. The first kappa shape index (κ1) is 51.9. The molecule has 0 bridgehead atoms. The molecule has 2 saturated heterocycles. The van der Waals surface area contributed by atoms with Crippen molar-refractivity contribution in [2.45, 2.75) is 61.6 Å².